The van der Waals surface area contributed by atoms with Crippen molar-refractivity contribution in [2.24, 2.45) is 5.73 Å². The first-order valence-electron chi connectivity index (χ1n) is 27.3. The van der Waals surface area contributed by atoms with Gasteiger partial charge in [0, 0.05) is 47.6 Å². The van der Waals surface area contributed by atoms with Gasteiger partial charge in [0.15, 0.2) is 0 Å². The third-order valence-corrected chi connectivity index (χ3v) is 16.0. The van der Waals surface area contributed by atoms with Gasteiger partial charge in [0.2, 0.25) is 20.0 Å². The van der Waals surface area contributed by atoms with Crippen LogP contribution in [0.15, 0.2) is 86.2 Å². The lowest BCUT2D eigenvalue weighted by Gasteiger charge is -2.32. The number of ether oxygens (including phenoxy) is 1. The predicted octanol–water partition coefficient (Wildman–Crippen LogP) is 12.1. The fourth-order valence-electron chi connectivity index (χ4n) is 6.89. The molecule has 0 unspecified atom stereocenters. The van der Waals surface area contributed by atoms with E-state index in [1.807, 2.05) is 89.2 Å². The second kappa shape index (κ2) is 37.1. The summed E-state index contributed by atoms with van der Waals surface area (Å²) in [7, 11) is -3.71. The van der Waals surface area contributed by atoms with E-state index in [4.69, 9.17) is 45.0 Å². The molecule has 0 bridgehead atoms. The van der Waals surface area contributed by atoms with Crippen LogP contribution in [0.5, 0.6) is 0 Å². The van der Waals surface area contributed by atoms with E-state index in [2.05, 4.69) is 77.7 Å². The highest BCUT2D eigenvalue weighted by Crippen LogP contribution is 2.43. The average molecular weight is 1450 g/mol. The van der Waals surface area contributed by atoms with Crippen LogP contribution < -0.4 is 20.6 Å². The molecule has 4 fully saturated rings. The Morgan fingerprint density at radius 2 is 0.882 bits per heavy atom. The van der Waals surface area contributed by atoms with E-state index < -0.39 is 69.8 Å². The maximum absolute atomic E-state index is 13.8. The maximum atomic E-state index is 13.8. The van der Waals surface area contributed by atoms with Crippen molar-refractivity contribution in [1.29, 1.82) is 5.26 Å². The number of benzene rings is 4. The van der Waals surface area contributed by atoms with Crippen molar-refractivity contribution < 1.29 is 68.4 Å². The van der Waals surface area contributed by atoms with Crippen LogP contribution in [-0.4, -0.2) is 111 Å². The Balaban J connectivity index is 0.00000103. The third kappa shape index (κ3) is 29.9. The van der Waals surface area contributed by atoms with Crippen molar-refractivity contribution in [3.63, 3.8) is 0 Å². The molecule has 29 heteroatoms. The number of sulfonamides is 2. The zero-order valence-corrected chi connectivity index (χ0v) is 59.1. The van der Waals surface area contributed by atoms with E-state index >= 15 is 0 Å². The molecule has 0 aromatic heterocycles. The first-order chi connectivity index (χ1) is 39.5. The van der Waals surface area contributed by atoms with Crippen molar-refractivity contribution in [1.82, 2.24) is 9.44 Å². The summed E-state index contributed by atoms with van der Waals surface area (Å²) < 4.78 is 149. The van der Waals surface area contributed by atoms with Gasteiger partial charge in [-0.25, -0.2) is 43.8 Å². The zero-order valence-electron chi connectivity index (χ0n) is 52.8. The van der Waals surface area contributed by atoms with E-state index in [-0.39, 0.29) is 41.3 Å². The molecular formula is C56H85B4Br3F4N4O11S3. The highest BCUT2D eigenvalue weighted by atomic mass is 79.9. The smallest absolute Gasteiger partial charge is 0.405 e. The summed E-state index contributed by atoms with van der Waals surface area (Å²) in [6.07, 6.45) is 6.36. The molecule has 0 spiro atoms. The molecule has 4 aliphatic rings. The van der Waals surface area contributed by atoms with Crippen LogP contribution >= 0.6 is 60.4 Å². The molecule has 0 aliphatic carbocycles. The van der Waals surface area contributed by atoms with Gasteiger partial charge >= 0.3 is 21.1 Å². The molecule has 0 amide bonds. The molecule has 4 aromatic rings. The minimum absolute atomic E-state index is 0.0170. The number of nitrogens with two attached hydrogens (primary N) is 1. The fraction of sp³-hybridized carbons (Fsp3) is 0.554. The highest BCUT2D eigenvalue weighted by molar-refractivity contribution is 9.11. The van der Waals surface area contributed by atoms with Crippen LogP contribution in [0.4, 0.5) is 17.6 Å². The molecular weight excluding hydrogens is 1360 g/mol. The van der Waals surface area contributed by atoms with Gasteiger partial charge in [-0.15, -0.1) is 0 Å². The predicted molar refractivity (Wildman–Crippen MR) is 350 cm³/mol. The SMILES string of the molecule is C1CCOC1.CC1(C)OB(B2OC(C)(C)C(C)(C)O2)OC1(C)C.CC1(C)OB(c2cc(F)cc(CNS(C)(=O)=O)c2)OC1(C)C.CS.CS(=O)(=O)NCc1cc(F)cc(Br)c1.N#Cc1cc(F)cc(Br)c1.NCc1cc(F)cc(Br)c1.[2H]CC.[B]C. The van der Waals surface area contributed by atoms with E-state index in [0.717, 1.165) is 35.8 Å². The number of thiol groups is 1. The lowest BCUT2D eigenvalue weighted by Crippen LogP contribution is -2.41. The summed E-state index contributed by atoms with van der Waals surface area (Å²) in [6.45, 7) is 30.1. The second-order valence-corrected chi connectivity index (χ2v) is 28.2. The molecule has 474 valence electrons. The summed E-state index contributed by atoms with van der Waals surface area (Å²) in [5, 5.41) is 8.35. The Hall–Kier alpha value is -2.36. The number of halogens is 7. The van der Waals surface area contributed by atoms with Gasteiger partial charge < -0.3 is 38.4 Å². The van der Waals surface area contributed by atoms with Gasteiger partial charge in [-0.2, -0.15) is 17.9 Å². The number of hydrogen-bond acceptors (Lipinski definition) is 14. The molecule has 4 aromatic carbocycles. The zero-order chi connectivity index (χ0) is 66.9. The Bertz CT molecular complexity index is 2850. The molecule has 0 saturated carbocycles. The normalized spacial score (nSPS) is 17.9. The molecule has 4 N–H and O–H groups in total. The lowest BCUT2D eigenvalue weighted by atomic mass is 9.49. The standard InChI is InChI=1S/C14H21BFNO4S.C12H24B2O4.C8H9BrFNO2S.C7H7BrFN.C7H3BrFN.C4H8O.C2H6.CH3B.CH4S/c1-13(2)14(3,4)21-15(20-13)11-6-10(7-12(16)8-11)9-17-22(5,18)19;1-9(2)10(3,4)16-13(15-9)14-17-11(5,6)12(7,8)18-14;1-14(12,13)11-5-6-2-7(9)4-8(10)3-6;2*8-6-1-5(4-10)2-7(9)3-6;1-2-4-5-3-1;3*1-2/h6-8,17H,9H2,1-5H3;1-8H3;2-4,11H,5H2,1H3;1-3H,4,10H2;1-3H;1-4H2;1-2H3;1H3;2H,1H3/i;;;;;;1D;;. The lowest BCUT2D eigenvalue weighted by molar-refractivity contribution is 0.00578. The number of rotatable bonds is 9. The number of nitrogens with zero attached hydrogens (tertiary/aromatic N) is 1. The Labute approximate surface area is 539 Å². The van der Waals surface area contributed by atoms with E-state index in [0.29, 0.717) is 44.5 Å². The Kier molecular flexibility index (Phi) is 35.2. The quantitative estimate of drug-likeness (QED) is 0.0700. The van der Waals surface area contributed by atoms with E-state index in [1.54, 1.807) is 37.4 Å². The molecule has 0 atom stereocenters. The molecule has 4 aliphatic heterocycles. The van der Waals surface area contributed by atoms with Crippen LogP contribution in [0.25, 0.3) is 0 Å². The maximum Gasteiger partial charge on any atom is 0.494 e. The fourth-order valence-corrected chi connectivity index (χ4v) is 9.24. The molecule has 2 radical (unpaired) electrons. The number of nitrogens with one attached hydrogen (secondary N) is 2. The van der Waals surface area contributed by atoms with Gasteiger partial charge in [-0.05, 0) is 191 Å². The number of hydrogen-bond donors (Lipinski definition) is 4. The van der Waals surface area contributed by atoms with E-state index in [1.165, 1.54) is 68.2 Å². The Morgan fingerprint density at radius 1 is 0.576 bits per heavy atom. The van der Waals surface area contributed by atoms with Crippen molar-refractivity contribution in [3.05, 3.63) is 132 Å². The van der Waals surface area contributed by atoms with Crippen molar-refractivity contribution in [3.8, 4) is 6.07 Å². The van der Waals surface area contributed by atoms with Gasteiger partial charge in [-0.3, -0.25) is 0 Å². The topological polar surface area (TPSA) is 207 Å². The van der Waals surface area contributed by atoms with Crippen molar-refractivity contribution in [2.45, 2.75) is 170 Å². The molecule has 8 rings (SSSR count). The Morgan fingerprint density at radius 3 is 1.19 bits per heavy atom. The molecule has 4 saturated heterocycles. The monoisotopic (exact) mass is 1440 g/mol. The number of nitriles is 1. The minimum Gasteiger partial charge on any atom is -0.405 e. The largest absolute Gasteiger partial charge is 0.494 e. The highest BCUT2D eigenvalue weighted by Gasteiger charge is 2.63. The molecule has 15 nitrogen and oxygen atoms in total. The van der Waals surface area contributed by atoms with Crippen molar-refractivity contribution >= 4 is 115 Å². The van der Waals surface area contributed by atoms with Gasteiger partial charge in [0.1, 0.15) is 23.3 Å². The van der Waals surface area contributed by atoms with E-state index in [9.17, 15) is 34.4 Å². The second-order valence-electron chi connectivity index (χ2n) is 21.8. The van der Waals surface area contributed by atoms with Gasteiger partial charge in [0.05, 0.1) is 65.6 Å². The first kappa shape index (κ1) is 80.7. The summed E-state index contributed by atoms with van der Waals surface area (Å²) in [5.74, 6) is -1.51. The molecule has 85 heavy (non-hydrogen) atoms. The van der Waals surface area contributed by atoms with Crippen LogP contribution in [0.2, 0.25) is 6.82 Å². The minimum atomic E-state index is -3.34. The van der Waals surface area contributed by atoms with Crippen molar-refractivity contribution in [2.75, 3.05) is 32.0 Å². The summed E-state index contributed by atoms with van der Waals surface area (Å²) in [6, 6.07) is 19.1. The van der Waals surface area contributed by atoms with Crippen LogP contribution in [0, 0.1) is 34.6 Å². The summed E-state index contributed by atoms with van der Waals surface area (Å²) in [4.78, 5) is 0. The molecule has 4 heterocycles. The average Bonchev–Trinajstić information content (AvgIpc) is 1.96. The van der Waals surface area contributed by atoms with Gasteiger partial charge in [0.25, 0.3) is 0 Å². The van der Waals surface area contributed by atoms with Crippen LogP contribution in [-0.2, 0) is 72.3 Å². The summed E-state index contributed by atoms with van der Waals surface area (Å²) in [5.41, 5.74) is 5.56. The van der Waals surface area contributed by atoms with Crippen LogP contribution in [0.1, 0.15) is 133 Å². The van der Waals surface area contributed by atoms with Gasteiger partial charge in [-0.1, -0.05) is 74.5 Å². The first-order valence-corrected chi connectivity index (χ1v) is 33.7. The summed E-state index contributed by atoms with van der Waals surface area (Å²) >= 11 is 12.9. The van der Waals surface area contributed by atoms with Crippen LogP contribution in [0.3, 0.4) is 0 Å². The third-order valence-electron chi connectivity index (χ3n) is 13.2.